The van der Waals surface area contributed by atoms with Gasteiger partial charge in [0.1, 0.15) is 5.82 Å². The number of aromatic nitrogens is 2. The van der Waals surface area contributed by atoms with Crippen molar-refractivity contribution < 1.29 is 9.84 Å². The summed E-state index contributed by atoms with van der Waals surface area (Å²) in [6, 6.07) is 5.38. The van der Waals surface area contributed by atoms with Crippen LogP contribution >= 0.6 is 0 Å². The minimum atomic E-state index is 0.130. The number of aromatic hydroxyl groups is 1. The van der Waals surface area contributed by atoms with Crippen molar-refractivity contribution in [2.45, 2.75) is 13.5 Å². The maximum Gasteiger partial charge on any atom is 0.168 e. The van der Waals surface area contributed by atoms with Gasteiger partial charge in [0.2, 0.25) is 0 Å². The molecule has 0 saturated heterocycles. The van der Waals surface area contributed by atoms with Crippen LogP contribution in [0.1, 0.15) is 6.92 Å². The molecule has 0 bridgehead atoms. The van der Waals surface area contributed by atoms with E-state index in [2.05, 4.69) is 4.98 Å². The molecule has 0 aliphatic heterocycles. The lowest BCUT2D eigenvalue weighted by Crippen LogP contribution is -1.96. The topological polar surface area (TPSA) is 47.3 Å². The number of phenols is 1. The standard InChI is InChI=1S/C12H14N2O2/c1-3-14-8-7-13-12(14)9-5-4-6-10(16-2)11(9)15/h4-8,15H,3H2,1-2H3. The summed E-state index contributed by atoms with van der Waals surface area (Å²) in [5.74, 6) is 1.34. The summed E-state index contributed by atoms with van der Waals surface area (Å²) in [5, 5.41) is 10.0. The van der Waals surface area contributed by atoms with E-state index in [-0.39, 0.29) is 5.75 Å². The van der Waals surface area contributed by atoms with Crippen LogP contribution in [0.5, 0.6) is 11.5 Å². The van der Waals surface area contributed by atoms with E-state index < -0.39 is 0 Å². The molecular formula is C12H14N2O2. The van der Waals surface area contributed by atoms with E-state index in [4.69, 9.17) is 4.74 Å². The quantitative estimate of drug-likeness (QED) is 0.859. The van der Waals surface area contributed by atoms with E-state index in [1.807, 2.05) is 29.8 Å². The van der Waals surface area contributed by atoms with E-state index in [1.165, 1.54) is 7.11 Å². The van der Waals surface area contributed by atoms with Crippen molar-refractivity contribution in [1.29, 1.82) is 0 Å². The van der Waals surface area contributed by atoms with Gasteiger partial charge in [-0.05, 0) is 19.1 Å². The predicted molar refractivity (Wildman–Crippen MR) is 61.6 cm³/mol. The number of ether oxygens (including phenoxy) is 1. The van der Waals surface area contributed by atoms with Gasteiger partial charge < -0.3 is 14.4 Å². The van der Waals surface area contributed by atoms with Gasteiger partial charge in [-0.15, -0.1) is 0 Å². The maximum atomic E-state index is 10.0. The Morgan fingerprint density at radius 3 is 2.94 bits per heavy atom. The molecule has 0 fully saturated rings. The number of para-hydroxylation sites is 1. The first-order chi connectivity index (χ1) is 7.77. The molecule has 1 aromatic heterocycles. The third kappa shape index (κ3) is 1.62. The van der Waals surface area contributed by atoms with Crippen LogP contribution in [-0.2, 0) is 6.54 Å². The Morgan fingerprint density at radius 2 is 2.25 bits per heavy atom. The van der Waals surface area contributed by atoms with Crippen molar-refractivity contribution in [3.05, 3.63) is 30.6 Å². The fraction of sp³-hybridized carbons (Fsp3) is 0.250. The average Bonchev–Trinajstić information content (AvgIpc) is 2.77. The summed E-state index contributed by atoms with van der Waals surface area (Å²) in [6.45, 7) is 2.84. The number of phenolic OH excluding ortho intramolecular Hbond substituents is 1. The zero-order valence-electron chi connectivity index (χ0n) is 9.34. The second-order valence-electron chi connectivity index (χ2n) is 3.39. The number of nitrogens with zero attached hydrogens (tertiary/aromatic N) is 2. The largest absolute Gasteiger partial charge is 0.504 e. The smallest absolute Gasteiger partial charge is 0.168 e. The number of rotatable bonds is 3. The second-order valence-corrected chi connectivity index (χ2v) is 3.39. The van der Waals surface area contributed by atoms with Gasteiger partial charge in [-0.25, -0.2) is 4.98 Å². The third-order valence-corrected chi connectivity index (χ3v) is 2.52. The van der Waals surface area contributed by atoms with E-state index in [0.29, 0.717) is 11.3 Å². The van der Waals surface area contributed by atoms with Gasteiger partial charge in [0.25, 0.3) is 0 Å². The van der Waals surface area contributed by atoms with Crippen molar-refractivity contribution >= 4 is 0 Å². The highest BCUT2D eigenvalue weighted by Crippen LogP contribution is 2.35. The summed E-state index contributed by atoms with van der Waals surface area (Å²) in [4.78, 5) is 4.24. The molecule has 0 atom stereocenters. The van der Waals surface area contributed by atoms with Crippen LogP contribution in [0.25, 0.3) is 11.4 Å². The first-order valence-corrected chi connectivity index (χ1v) is 5.15. The fourth-order valence-electron chi connectivity index (χ4n) is 1.68. The number of hydrogen-bond donors (Lipinski definition) is 1. The number of hydrogen-bond acceptors (Lipinski definition) is 3. The van der Waals surface area contributed by atoms with Gasteiger partial charge in [0.15, 0.2) is 11.5 Å². The van der Waals surface area contributed by atoms with Crippen LogP contribution in [0.15, 0.2) is 30.6 Å². The summed E-state index contributed by atoms with van der Waals surface area (Å²) < 4.78 is 7.04. The Hall–Kier alpha value is -1.97. The van der Waals surface area contributed by atoms with Crippen LogP contribution in [0, 0.1) is 0 Å². The van der Waals surface area contributed by atoms with Gasteiger partial charge in [-0.3, -0.25) is 0 Å². The maximum absolute atomic E-state index is 10.0. The number of imidazole rings is 1. The van der Waals surface area contributed by atoms with Crippen LogP contribution < -0.4 is 4.74 Å². The van der Waals surface area contributed by atoms with Gasteiger partial charge in [0.05, 0.1) is 12.7 Å². The lowest BCUT2D eigenvalue weighted by Gasteiger charge is -2.09. The fourth-order valence-corrected chi connectivity index (χ4v) is 1.68. The van der Waals surface area contributed by atoms with E-state index in [9.17, 15) is 5.11 Å². The van der Waals surface area contributed by atoms with Crippen LogP contribution in [-0.4, -0.2) is 21.8 Å². The van der Waals surface area contributed by atoms with Crippen molar-refractivity contribution in [2.75, 3.05) is 7.11 Å². The SMILES string of the molecule is CCn1ccnc1-c1cccc(OC)c1O. The number of benzene rings is 1. The Balaban J connectivity index is 2.56. The van der Waals surface area contributed by atoms with Crippen molar-refractivity contribution in [3.63, 3.8) is 0 Å². The highest BCUT2D eigenvalue weighted by molar-refractivity contribution is 5.68. The van der Waals surface area contributed by atoms with Crippen molar-refractivity contribution in [1.82, 2.24) is 9.55 Å². The third-order valence-electron chi connectivity index (χ3n) is 2.52. The molecule has 1 N–H and O–H groups in total. The number of methoxy groups -OCH3 is 1. The van der Waals surface area contributed by atoms with Gasteiger partial charge >= 0.3 is 0 Å². The Morgan fingerprint density at radius 1 is 1.44 bits per heavy atom. The normalized spacial score (nSPS) is 10.4. The van der Waals surface area contributed by atoms with E-state index in [0.717, 1.165) is 12.4 Å². The zero-order valence-corrected chi connectivity index (χ0v) is 9.34. The Labute approximate surface area is 94.1 Å². The summed E-state index contributed by atoms with van der Waals surface area (Å²) in [6.07, 6.45) is 3.60. The van der Waals surface area contributed by atoms with E-state index in [1.54, 1.807) is 12.3 Å². The molecule has 1 aromatic carbocycles. The first-order valence-electron chi connectivity index (χ1n) is 5.15. The molecule has 0 radical (unpaired) electrons. The van der Waals surface area contributed by atoms with Gasteiger partial charge in [-0.2, -0.15) is 0 Å². The molecule has 4 heteroatoms. The minimum absolute atomic E-state index is 0.130. The van der Waals surface area contributed by atoms with E-state index >= 15 is 0 Å². The molecule has 2 aromatic rings. The molecule has 4 nitrogen and oxygen atoms in total. The summed E-state index contributed by atoms with van der Waals surface area (Å²) >= 11 is 0. The Bertz CT molecular complexity index is 492. The molecule has 0 amide bonds. The molecule has 0 unspecified atom stereocenters. The zero-order chi connectivity index (χ0) is 11.5. The second kappa shape index (κ2) is 4.26. The van der Waals surface area contributed by atoms with Crippen molar-refractivity contribution in [3.8, 4) is 22.9 Å². The van der Waals surface area contributed by atoms with Gasteiger partial charge in [0, 0.05) is 18.9 Å². The van der Waals surface area contributed by atoms with Crippen molar-refractivity contribution in [2.24, 2.45) is 0 Å². The molecule has 0 saturated carbocycles. The van der Waals surface area contributed by atoms with Gasteiger partial charge in [-0.1, -0.05) is 6.07 Å². The molecule has 1 heterocycles. The highest BCUT2D eigenvalue weighted by Gasteiger charge is 2.12. The molecule has 0 aliphatic rings. The first kappa shape index (κ1) is 10.5. The predicted octanol–water partition coefficient (Wildman–Crippen LogP) is 2.28. The molecular weight excluding hydrogens is 204 g/mol. The average molecular weight is 218 g/mol. The molecule has 16 heavy (non-hydrogen) atoms. The summed E-state index contributed by atoms with van der Waals surface area (Å²) in [7, 11) is 1.53. The molecule has 0 aliphatic carbocycles. The molecule has 2 rings (SSSR count). The van der Waals surface area contributed by atoms with Crippen LogP contribution in [0.4, 0.5) is 0 Å². The van der Waals surface area contributed by atoms with Crippen LogP contribution in [0.2, 0.25) is 0 Å². The monoisotopic (exact) mass is 218 g/mol. The number of aryl methyl sites for hydroxylation is 1. The molecule has 0 spiro atoms. The summed E-state index contributed by atoms with van der Waals surface area (Å²) in [5.41, 5.74) is 0.686. The molecule has 84 valence electrons. The lowest BCUT2D eigenvalue weighted by atomic mass is 10.1. The van der Waals surface area contributed by atoms with Crippen LogP contribution in [0.3, 0.4) is 0 Å². The Kier molecular flexibility index (Phi) is 2.81. The minimum Gasteiger partial charge on any atom is -0.504 e. The lowest BCUT2D eigenvalue weighted by molar-refractivity contribution is 0.374. The highest BCUT2D eigenvalue weighted by atomic mass is 16.5.